The van der Waals surface area contributed by atoms with Crippen LogP contribution >= 0.6 is 11.8 Å². The van der Waals surface area contributed by atoms with Gasteiger partial charge in [0.25, 0.3) is 0 Å². The van der Waals surface area contributed by atoms with Crippen LogP contribution in [0.2, 0.25) is 0 Å². The van der Waals surface area contributed by atoms with E-state index in [2.05, 4.69) is 36.6 Å². The maximum absolute atomic E-state index is 5.77. The summed E-state index contributed by atoms with van der Waals surface area (Å²) in [4.78, 5) is 1.22. The first-order valence-corrected chi connectivity index (χ1v) is 6.02. The highest BCUT2D eigenvalue weighted by molar-refractivity contribution is 7.98. The summed E-state index contributed by atoms with van der Waals surface area (Å²) in [6.45, 7) is 0. The summed E-state index contributed by atoms with van der Waals surface area (Å²) in [6.07, 6.45) is 2.07. The minimum Gasteiger partial charge on any atom is -0.399 e. The van der Waals surface area contributed by atoms with Gasteiger partial charge in [0.1, 0.15) is 0 Å². The lowest BCUT2D eigenvalue weighted by Gasteiger charge is -2.08. The fraction of sp³-hybridized carbons (Fsp3) is 0.0769. The van der Waals surface area contributed by atoms with Crippen molar-refractivity contribution in [2.45, 2.75) is 4.90 Å². The van der Waals surface area contributed by atoms with Crippen LogP contribution in [0.3, 0.4) is 0 Å². The molecule has 0 heterocycles. The van der Waals surface area contributed by atoms with Crippen LogP contribution in [0.1, 0.15) is 0 Å². The second kappa shape index (κ2) is 4.41. The Labute approximate surface area is 94.3 Å². The van der Waals surface area contributed by atoms with Crippen LogP contribution < -0.4 is 5.73 Å². The number of nitrogen functional groups attached to an aromatic ring is 1. The van der Waals surface area contributed by atoms with Crippen molar-refractivity contribution in [1.29, 1.82) is 0 Å². The van der Waals surface area contributed by atoms with Crippen molar-refractivity contribution in [1.82, 2.24) is 0 Å². The average Bonchev–Trinajstić information content (AvgIpc) is 2.30. The van der Waals surface area contributed by atoms with Gasteiger partial charge in [-0.15, -0.1) is 11.8 Å². The summed E-state index contributed by atoms with van der Waals surface area (Å²) in [5.74, 6) is 0. The van der Waals surface area contributed by atoms with Gasteiger partial charge >= 0.3 is 0 Å². The standard InChI is InChI=1S/C13H13NS/c1-15-13-9-11(14)7-8-12(13)10-5-3-2-4-6-10/h2-9H,14H2,1H3. The molecule has 2 aromatic carbocycles. The van der Waals surface area contributed by atoms with Crippen molar-refractivity contribution in [2.75, 3.05) is 12.0 Å². The Kier molecular flexibility index (Phi) is 2.97. The molecule has 0 aromatic heterocycles. The first kappa shape index (κ1) is 10.1. The SMILES string of the molecule is CSc1cc(N)ccc1-c1ccccc1. The summed E-state index contributed by atoms with van der Waals surface area (Å²) < 4.78 is 0. The van der Waals surface area contributed by atoms with Gasteiger partial charge in [-0.3, -0.25) is 0 Å². The normalized spacial score (nSPS) is 10.2. The zero-order chi connectivity index (χ0) is 10.7. The van der Waals surface area contributed by atoms with Gasteiger partial charge in [0.2, 0.25) is 0 Å². The molecule has 2 N–H and O–H groups in total. The zero-order valence-corrected chi connectivity index (χ0v) is 9.42. The van der Waals surface area contributed by atoms with E-state index in [4.69, 9.17) is 5.73 Å². The summed E-state index contributed by atoms with van der Waals surface area (Å²) in [5, 5.41) is 0. The molecule has 0 fully saturated rings. The number of anilines is 1. The molecule has 2 rings (SSSR count). The molecule has 0 radical (unpaired) electrons. The smallest absolute Gasteiger partial charge is 0.0325 e. The largest absolute Gasteiger partial charge is 0.399 e. The molecule has 76 valence electrons. The van der Waals surface area contributed by atoms with Crippen molar-refractivity contribution >= 4 is 17.4 Å². The van der Waals surface area contributed by atoms with Gasteiger partial charge in [0.15, 0.2) is 0 Å². The van der Waals surface area contributed by atoms with Crippen molar-refractivity contribution < 1.29 is 0 Å². The number of nitrogens with two attached hydrogens (primary N) is 1. The van der Waals surface area contributed by atoms with Crippen LogP contribution in [0.25, 0.3) is 11.1 Å². The van der Waals surface area contributed by atoms with Crippen molar-refractivity contribution in [3.05, 3.63) is 48.5 Å². The molecule has 15 heavy (non-hydrogen) atoms. The molecule has 0 aliphatic heterocycles. The van der Waals surface area contributed by atoms with Gasteiger partial charge in [-0.05, 0) is 29.5 Å². The Morgan fingerprint density at radius 1 is 1.00 bits per heavy atom. The van der Waals surface area contributed by atoms with E-state index in [1.165, 1.54) is 16.0 Å². The van der Waals surface area contributed by atoms with E-state index in [0.29, 0.717) is 0 Å². The lowest BCUT2D eigenvalue weighted by molar-refractivity contribution is 1.45. The third-order valence-corrected chi connectivity index (χ3v) is 3.09. The minimum absolute atomic E-state index is 0.819. The van der Waals surface area contributed by atoms with Gasteiger partial charge in [0.05, 0.1) is 0 Å². The maximum Gasteiger partial charge on any atom is 0.0325 e. The maximum atomic E-state index is 5.77. The molecule has 0 atom stereocenters. The molecule has 0 saturated heterocycles. The van der Waals surface area contributed by atoms with Gasteiger partial charge in [-0.2, -0.15) is 0 Å². The monoisotopic (exact) mass is 215 g/mol. The van der Waals surface area contributed by atoms with E-state index in [1.54, 1.807) is 11.8 Å². The average molecular weight is 215 g/mol. The van der Waals surface area contributed by atoms with E-state index in [0.717, 1.165) is 5.69 Å². The molecule has 2 heteroatoms. The summed E-state index contributed by atoms with van der Waals surface area (Å²) in [7, 11) is 0. The summed E-state index contributed by atoms with van der Waals surface area (Å²) in [6, 6.07) is 16.4. The van der Waals surface area contributed by atoms with E-state index in [1.807, 2.05) is 18.2 Å². The molecule has 0 amide bonds. The quantitative estimate of drug-likeness (QED) is 0.611. The van der Waals surface area contributed by atoms with E-state index >= 15 is 0 Å². The Hall–Kier alpha value is -1.41. The number of hydrogen-bond donors (Lipinski definition) is 1. The van der Waals surface area contributed by atoms with Crippen LogP contribution in [-0.4, -0.2) is 6.26 Å². The lowest BCUT2D eigenvalue weighted by atomic mass is 10.1. The molecular formula is C13H13NS. The van der Waals surface area contributed by atoms with Gasteiger partial charge in [0, 0.05) is 10.6 Å². The number of rotatable bonds is 2. The van der Waals surface area contributed by atoms with Gasteiger partial charge < -0.3 is 5.73 Å². The molecule has 0 aliphatic rings. The number of thioether (sulfide) groups is 1. The fourth-order valence-electron chi connectivity index (χ4n) is 1.56. The second-order valence-electron chi connectivity index (χ2n) is 3.33. The molecule has 0 unspecified atom stereocenters. The van der Waals surface area contributed by atoms with E-state index in [9.17, 15) is 0 Å². The molecular weight excluding hydrogens is 202 g/mol. The first-order chi connectivity index (χ1) is 7.31. The predicted molar refractivity (Wildman–Crippen MR) is 68.1 cm³/mol. The lowest BCUT2D eigenvalue weighted by Crippen LogP contribution is -1.87. The van der Waals surface area contributed by atoms with Crippen molar-refractivity contribution in [3.63, 3.8) is 0 Å². The van der Waals surface area contributed by atoms with E-state index < -0.39 is 0 Å². The molecule has 0 saturated carbocycles. The van der Waals surface area contributed by atoms with Crippen LogP contribution in [0.15, 0.2) is 53.4 Å². The Morgan fingerprint density at radius 2 is 1.73 bits per heavy atom. The second-order valence-corrected chi connectivity index (χ2v) is 4.17. The Balaban J connectivity index is 2.53. The third-order valence-electron chi connectivity index (χ3n) is 2.31. The van der Waals surface area contributed by atoms with Crippen LogP contribution in [-0.2, 0) is 0 Å². The highest BCUT2D eigenvalue weighted by atomic mass is 32.2. The third kappa shape index (κ3) is 2.16. The summed E-state index contributed by atoms with van der Waals surface area (Å²) in [5.41, 5.74) is 9.07. The van der Waals surface area contributed by atoms with Crippen molar-refractivity contribution in [2.24, 2.45) is 0 Å². The zero-order valence-electron chi connectivity index (χ0n) is 8.60. The van der Waals surface area contributed by atoms with Crippen LogP contribution in [0.5, 0.6) is 0 Å². The number of hydrogen-bond acceptors (Lipinski definition) is 2. The molecule has 0 bridgehead atoms. The highest BCUT2D eigenvalue weighted by Gasteiger charge is 2.03. The molecule has 1 nitrogen and oxygen atoms in total. The topological polar surface area (TPSA) is 26.0 Å². The first-order valence-electron chi connectivity index (χ1n) is 4.80. The predicted octanol–water partition coefficient (Wildman–Crippen LogP) is 3.66. The molecule has 0 aliphatic carbocycles. The molecule has 0 spiro atoms. The van der Waals surface area contributed by atoms with Crippen LogP contribution in [0.4, 0.5) is 5.69 Å². The highest BCUT2D eigenvalue weighted by Crippen LogP contribution is 2.31. The molecule has 2 aromatic rings. The van der Waals surface area contributed by atoms with Gasteiger partial charge in [-0.1, -0.05) is 36.4 Å². The fourth-order valence-corrected chi connectivity index (χ4v) is 2.22. The Bertz CT molecular complexity index is 451. The van der Waals surface area contributed by atoms with Gasteiger partial charge in [-0.25, -0.2) is 0 Å². The van der Waals surface area contributed by atoms with Crippen molar-refractivity contribution in [3.8, 4) is 11.1 Å². The Morgan fingerprint density at radius 3 is 2.40 bits per heavy atom. The van der Waals surface area contributed by atoms with E-state index in [-0.39, 0.29) is 0 Å². The van der Waals surface area contributed by atoms with Crippen LogP contribution in [0, 0.1) is 0 Å². The minimum atomic E-state index is 0.819. The summed E-state index contributed by atoms with van der Waals surface area (Å²) >= 11 is 1.72. The number of benzene rings is 2.